The Morgan fingerprint density at radius 3 is 2.48 bits per heavy atom. The van der Waals surface area contributed by atoms with Crippen LogP contribution in [0.5, 0.6) is 0 Å². The van der Waals surface area contributed by atoms with Crippen molar-refractivity contribution in [3.63, 3.8) is 0 Å². The van der Waals surface area contributed by atoms with Crippen LogP contribution in [0.1, 0.15) is 65.3 Å². The number of rotatable bonds is 7. The van der Waals surface area contributed by atoms with Crippen molar-refractivity contribution < 1.29 is 14.7 Å². The van der Waals surface area contributed by atoms with E-state index in [-0.39, 0.29) is 24.5 Å². The third kappa shape index (κ3) is 6.04. The Hall–Kier alpha value is -4.80. The number of fused-ring (bicyclic) bond motifs is 2. The Morgan fingerprint density at radius 2 is 1.72 bits per heavy atom. The van der Waals surface area contributed by atoms with E-state index in [2.05, 4.69) is 24.7 Å². The van der Waals surface area contributed by atoms with Gasteiger partial charge in [0.15, 0.2) is 0 Å². The second kappa shape index (κ2) is 14.1. The highest BCUT2D eigenvalue weighted by Gasteiger charge is 2.37. The predicted molar refractivity (Wildman–Crippen MR) is 215 cm³/mol. The van der Waals surface area contributed by atoms with Crippen LogP contribution in [0.15, 0.2) is 85.2 Å². The highest BCUT2D eigenvalue weighted by atomic mass is 35.5. The molecule has 9 rings (SSSR count). The number of benzene rings is 4. The molecule has 0 bridgehead atoms. The molecule has 12 heteroatoms. The van der Waals surface area contributed by atoms with Gasteiger partial charge in [0.25, 0.3) is 5.91 Å². The normalized spacial score (nSPS) is 17.3. The van der Waals surface area contributed by atoms with Crippen molar-refractivity contribution in [3.05, 3.63) is 123 Å². The first-order valence-corrected chi connectivity index (χ1v) is 19.4. The number of piperidine rings is 2. The van der Waals surface area contributed by atoms with E-state index in [1.807, 2.05) is 72.8 Å². The summed E-state index contributed by atoms with van der Waals surface area (Å²) in [5.74, 6) is -0.0887. The molecule has 0 unspecified atom stereocenters. The SMILES string of the molecule is O=C(Nc1cc(CO)ccc1N1CCC(N2CCCCC2=O)CC1)c1[nH]c2cc(Cl)cc3c2c1-c1c(-c2ccccc2)ncn1[C@@H]3c1ccc(Cl)cc1Cl. The minimum Gasteiger partial charge on any atom is -0.392 e. The number of imidazole rings is 1. The number of hydrogen-bond acceptors (Lipinski definition) is 5. The second-order valence-corrected chi connectivity index (χ2v) is 15.6. The summed E-state index contributed by atoms with van der Waals surface area (Å²) in [6.07, 6.45) is 6.14. The maximum absolute atomic E-state index is 14.8. The number of aliphatic hydroxyl groups excluding tert-OH is 1. The van der Waals surface area contributed by atoms with Crippen LogP contribution >= 0.6 is 34.8 Å². The van der Waals surface area contributed by atoms with E-state index in [0.29, 0.717) is 49.5 Å². The first kappa shape index (κ1) is 34.9. The van der Waals surface area contributed by atoms with Gasteiger partial charge in [-0.05, 0) is 78.8 Å². The first-order chi connectivity index (χ1) is 26.3. The van der Waals surface area contributed by atoms with Crippen LogP contribution in [0.2, 0.25) is 15.1 Å². The maximum Gasteiger partial charge on any atom is 0.272 e. The number of aromatic nitrogens is 3. The molecule has 0 aliphatic carbocycles. The molecule has 0 radical (unpaired) electrons. The number of amides is 2. The largest absolute Gasteiger partial charge is 0.392 e. The minimum atomic E-state index is -0.411. The van der Waals surface area contributed by atoms with Gasteiger partial charge in [0.2, 0.25) is 5.91 Å². The van der Waals surface area contributed by atoms with Crippen LogP contribution in [0.25, 0.3) is 33.4 Å². The molecule has 0 spiro atoms. The van der Waals surface area contributed by atoms with E-state index < -0.39 is 6.04 Å². The van der Waals surface area contributed by atoms with Crippen LogP contribution in [-0.2, 0) is 11.4 Å². The van der Waals surface area contributed by atoms with E-state index in [1.54, 1.807) is 12.4 Å². The topological polar surface area (TPSA) is 106 Å². The van der Waals surface area contributed by atoms with Crippen molar-refractivity contribution in [1.29, 1.82) is 0 Å². The minimum absolute atomic E-state index is 0.171. The van der Waals surface area contributed by atoms with Gasteiger partial charge in [0.05, 0.1) is 41.7 Å². The lowest BCUT2D eigenvalue weighted by Gasteiger charge is -2.41. The molecule has 1 atom stereocenters. The van der Waals surface area contributed by atoms with Gasteiger partial charge in [-0.25, -0.2) is 4.98 Å². The number of nitrogens with one attached hydrogen (secondary N) is 2. The lowest BCUT2D eigenvalue weighted by Crippen LogP contribution is -2.49. The lowest BCUT2D eigenvalue weighted by atomic mass is 9.87. The molecule has 54 heavy (non-hydrogen) atoms. The molecule has 3 aliphatic heterocycles. The third-order valence-electron chi connectivity index (χ3n) is 11.1. The number of anilines is 2. The van der Waals surface area contributed by atoms with Crippen molar-refractivity contribution in [1.82, 2.24) is 19.4 Å². The average Bonchev–Trinajstić information content (AvgIpc) is 3.79. The van der Waals surface area contributed by atoms with Crippen molar-refractivity contribution in [2.24, 2.45) is 0 Å². The summed E-state index contributed by atoms with van der Waals surface area (Å²) >= 11 is 20.0. The highest BCUT2D eigenvalue weighted by Crippen LogP contribution is 2.51. The Balaban J connectivity index is 1.14. The van der Waals surface area contributed by atoms with Crippen molar-refractivity contribution in [2.75, 3.05) is 29.9 Å². The standard InChI is InChI=1S/C42H37Cl3N6O3/c43-26-10-11-29(31(45)20-26)40-30-19-27(44)21-33-36(30)37(41-38(46-23-51(40)41)25-6-2-1-3-7-25)39(47-33)42(54)48-32-18-24(22-52)9-12-34(32)49-16-13-28(14-17-49)50-15-5-4-8-35(50)53/h1-3,6-7,9-12,18-21,23,28,40,47,52H,4-5,8,13-17,22H2,(H,48,54)/t40-/m1/s1. The number of halogens is 3. The van der Waals surface area contributed by atoms with Gasteiger partial charge in [0.1, 0.15) is 5.69 Å². The molecule has 9 nitrogen and oxygen atoms in total. The predicted octanol–water partition coefficient (Wildman–Crippen LogP) is 9.34. The molecule has 2 fully saturated rings. The van der Waals surface area contributed by atoms with Gasteiger partial charge in [-0.2, -0.15) is 0 Å². The number of nitrogens with zero attached hydrogens (tertiary/aromatic N) is 4. The second-order valence-electron chi connectivity index (χ2n) is 14.3. The molecule has 4 aromatic carbocycles. The molecule has 3 aliphatic rings. The van der Waals surface area contributed by atoms with Gasteiger partial charge < -0.3 is 29.8 Å². The Morgan fingerprint density at radius 1 is 0.907 bits per heavy atom. The maximum atomic E-state index is 14.8. The molecule has 5 heterocycles. The van der Waals surface area contributed by atoms with Crippen LogP contribution < -0.4 is 10.2 Å². The summed E-state index contributed by atoms with van der Waals surface area (Å²) in [6.45, 7) is 2.14. The zero-order valence-corrected chi connectivity index (χ0v) is 31.6. The molecule has 2 saturated heterocycles. The first-order valence-electron chi connectivity index (χ1n) is 18.3. The van der Waals surface area contributed by atoms with Gasteiger partial charge in [0, 0.05) is 69.2 Å². The molecule has 0 saturated carbocycles. The van der Waals surface area contributed by atoms with Gasteiger partial charge in [-0.15, -0.1) is 0 Å². The monoisotopic (exact) mass is 778 g/mol. The van der Waals surface area contributed by atoms with Crippen LogP contribution in [0.3, 0.4) is 0 Å². The third-order valence-corrected chi connectivity index (χ3v) is 11.9. The van der Waals surface area contributed by atoms with E-state index in [4.69, 9.17) is 39.8 Å². The number of likely N-dealkylation sites (tertiary alicyclic amines) is 1. The highest BCUT2D eigenvalue weighted by molar-refractivity contribution is 6.35. The van der Waals surface area contributed by atoms with Gasteiger partial charge in [-0.3, -0.25) is 9.59 Å². The molecular formula is C42H37Cl3N6O3. The Labute approximate surface area is 327 Å². The van der Waals surface area contributed by atoms with E-state index in [1.165, 1.54) is 0 Å². The smallest absolute Gasteiger partial charge is 0.272 e. The summed E-state index contributed by atoms with van der Waals surface area (Å²) in [4.78, 5) is 40.2. The average molecular weight is 780 g/mol. The summed E-state index contributed by atoms with van der Waals surface area (Å²) in [7, 11) is 0. The fourth-order valence-corrected chi connectivity index (χ4v) is 9.36. The molecule has 3 N–H and O–H groups in total. The quantitative estimate of drug-likeness (QED) is 0.150. The van der Waals surface area contributed by atoms with E-state index in [0.717, 1.165) is 84.5 Å². The summed E-state index contributed by atoms with van der Waals surface area (Å²) in [5, 5.41) is 15.7. The number of carbonyl (C=O) groups is 2. The summed E-state index contributed by atoms with van der Waals surface area (Å²) in [5.41, 5.74) is 7.99. The van der Waals surface area contributed by atoms with E-state index in [9.17, 15) is 14.7 Å². The van der Waals surface area contributed by atoms with Gasteiger partial charge >= 0.3 is 0 Å². The zero-order valence-electron chi connectivity index (χ0n) is 29.3. The number of carbonyl (C=O) groups excluding carboxylic acids is 2. The molecule has 2 aromatic heterocycles. The number of aromatic amines is 1. The number of hydrogen-bond donors (Lipinski definition) is 3. The summed E-state index contributed by atoms with van der Waals surface area (Å²) in [6, 6.07) is 24.6. The summed E-state index contributed by atoms with van der Waals surface area (Å²) < 4.78 is 2.06. The van der Waals surface area contributed by atoms with Gasteiger partial charge in [-0.1, -0.05) is 77.3 Å². The van der Waals surface area contributed by atoms with E-state index >= 15 is 0 Å². The Kier molecular flexibility index (Phi) is 9.14. The van der Waals surface area contributed by atoms with Crippen LogP contribution in [0, 0.1) is 0 Å². The zero-order chi connectivity index (χ0) is 37.1. The van der Waals surface area contributed by atoms with Crippen molar-refractivity contribution in [2.45, 2.75) is 50.8 Å². The molecule has 274 valence electrons. The number of H-pyrrole nitrogens is 1. The Bertz CT molecular complexity index is 2440. The number of aliphatic hydroxyl groups is 1. The lowest BCUT2D eigenvalue weighted by molar-refractivity contribution is -0.136. The molecule has 2 amide bonds. The van der Waals surface area contributed by atoms with Crippen molar-refractivity contribution in [3.8, 4) is 22.5 Å². The van der Waals surface area contributed by atoms with Crippen LogP contribution in [-0.4, -0.2) is 62.0 Å². The molecular weight excluding hydrogens is 743 g/mol. The fourth-order valence-electron chi connectivity index (χ4n) is 8.63. The van der Waals surface area contributed by atoms with Crippen molar-refractivity contribution >= 4 is 68.9 Å². The fraction of sp³-hybridized carbons (Fsp3) is 0.262. The molecule has 6 aromatic rings. The van der Waals surface area contributed by atoms with Crippen LogP contribution in [0.4, 0.5) is 11.4 Å².